The molecule has 3 N–H and O–H groups in total. The quantitative estimate of drug-likeness (QED) is 0.502. The number of ether oxygens (including phenoxy) is 1. The number of carboxylic acid groups (broad SMARTS) is 1. The second-order valence-corrected chi connectivity index (χ2v) is 3.95. The summed E-state index contributed by atoms with van der Waals surface area (Å²) in [4.78, 5) is 26.1. The lowest BCUT2D eigenvalue weighted by molar-refractivity contribution is -0.119. The van der Waals surface area contributed by atoms with E-state index in [-0.39, 0.29) is 29.0 Å². The van der Waals surface area contributed by atoms with Crippen LogP contribution in [-0.2, 0) is 9.53 Å². The van der Waals surface area contributed by atoms with E-state index in [4.69, 9.17) is 21.4 Å². The number of aromatic nitrogens is 1. The molecule has 0 aromatic carbocycles. The molecule has 1 heterocycles. The van der Waals surface area contributed by atoms with Gasteiger partial charge in [0.2, 0.25) is 5.91 Å². The van der Waals surface area contributed by atoms with Crippen LogP contribution in [0.1, 0.15) is 10.4 Å². The maximum absolute atomic E-state index is 11.4. The standard InChI is InChI=1S/C11H14ClN3O4/c1-19-3-2-13-10(16)6-14-9-5-7(11(17)18)4-8(12)15-9/h4-5H,2-3,6H2,1H3,(H,13,16)(H,14,15)(H,17,18). The van der Waals surface area contributed by atoms with Gasteiger partial charge in [0.05, 0.1) is 18.7 Å². The molecule has 1 aromatic heterocycles. The summed E-state index contributed by atoms with van der Waals surface area (Å²) in [6.45, 7) is 0.792. The summed E-state index contributed by atoms with van der Waals surface area (Å²) < 4.78 is 4.78. The highest BCUT2D eigenvalue weighted by atomic mass is 35.5. The number of pyridine rings is 1. The molecular formula is C11H14ClN3O4. The van der Waals surface area contributed by atoms with Crippen LogP contribution in [0.15, 0.2) is 12.1 Å². The molecule has 0 aliphatic carbocycles. The highest BCUT2D eigenvalue weighted by Crippen LogP contribution is 2.14. The van der Waals surface area contributed by atoms with E-state index in [2.05, 4.69) is 15.6 Å². The predicted octanol–water partition coefficient (Wildman–Crippen LogP) is 0.608. The number of aromatic carboxylic acids is 1. The fourth-order valence-electron chi connectivity index (χ4n) is 1.24. The van der Waals surface area contributed by atoms with Crippen LogP contribution in [0.25, 0.3) is 0 Å². The molecule has 0 radical (unpaired) electrons. The highest BCUT2D eigenvalue weighted by Gasteiger charge is 2.08. The summed E-state index contributed by atoms with van der Waals surface area (Å²) in [5, 5.41) is 14.2. The zero-order valence-corrected chi connectivity index (χ0v) is 11.0. The van der Waals surface area contributed by atoms with E-state index in [0.717, 1.165) is 0 Å². The summed E-state index contributed by atoms with van der Waals surface area (Å²) in [5.41, 5.74) is 0.00212. The molecule has 1 amide bonds. The van der Waals surface area contributed by atoms with Crippen LogP contribution in [0, 0.1) is 0 Å². The number of halogens is 1. The van der Waals surface area contributed by atoms with Crippen LogP contribution in [0.5, 0.6) is 0 Å². The van der Waals surface area contributed by atoms with Gasteiger partial charge in [0, 0.05) is 13.7 Å². The molecule has 0 atom stereocenters. The molecular weight excluding hydrogens is 274 g/mol. The van der Waals surface area contributed by atoms with Crippen LogP contribution >= 0.6 is 11.6 Å². The average molecular weight is 288 g/mol. The van der Waals surface area contributed by atoms with Crippen molar-refractivity contribution in [1.29, 1.82) is 0 Å². The number of anilines is 1. The summed E-state index contributed by atoms with van der Waals surface area (Å²) in [7, 11) is 1.54. The van der Waals surface area contributed by atoms with Gasteiger partial charge in [0.25, 0.3) is 0 Å². The van der Waals surface area contributed by atoms with E-state index in [1.807, 2.05) is 0 Å². The molecule has 1 aromatic rings. The Morgan fingerprint density at radius 3 is 2.84 bits per heavy atom. The smallest absolute Gasteiger partial charge is 0.335 e. The molecule has 0 aliphatic heterocycles. The number of nitrogens with one attached hydrogen (secondary N) is 2. The number of methoxy groups -OCH3 is 1. The van der Waals surface area contributed by atoms with E-state index in [1.54, 1.807) is 0 Å². The highest BCUT2D eigenvalue weighted by molar-refractivity contribution is 6.29. The monoisotopic (exact) mass is 287 g/mol. The van der Waals surface area contributed by atoms with Crippen molar-refractivity contribution >= 4 is 29.3 Å². The van der Waals surface area contributed by atoms with Crippen molar-refractivity contribution in [3.8, 4) is 0 Å². The molecule has 7 nitrogen and oxygen atoms in total. The van der Waals surface area contributed by atoms with Crippen molar-refractivity contribution in [2.75, 3.05) is 32.1 Å². The lowest BCUT2D eigenvalue weighted by Gasteiger charge is -2.07. The SMILES string of the molecule is COCCNC(=O)CNc1cc(C(=O)O)cc(Cl)n1. The molecule has 0 aliphatic rings. The molecule has 0 fully saturated rings. The third kappa shape index (κ3) is 5.54. The zero-order chi connectivity index (χ0) is 14.3. The lowest BCUT2D eigenvalue weighted by Crippen LogP contribution is -2.32. The molecule has 104 valence electrons. The molecule has 0 saturated carbocycles. The third-order valence-electron chi connectivity index (χ3n) is 2.10. The van der Waals surface area contributed by atoms with E-state index in [1.165, 1.54) is 19.2 Å². The van der Waals surface area contributed by atoms with Crippen molar-refractivity contribution in [3.63, 3.8) is 0 Å². The number of carbonyl (C=O) groups excluding carboxylic acids is 1. The molecule has 1 rings (SSSR count). The first-order chi connectivity index (χ1) is 9.02. The fraction of sp³-hybridized carbons (Fsp3) is 0.364. The van der Waals surface area contributed by atoms with Gasteiger partial charge in [-0.25, -0.2) is 9.78 Å². The minimum atomic E-state index is -1.11. The second kappa shape index (κ2) is 7.55. The predicted molar refractivity (Wildman–Crippen MR) is 69.6 cm³/mol. The van der Waals surface area contributed by atoms with E-state index >= 15 is 0 Å². The van der Waals surface area contributed by atoms with Crippen LogP contribution in [0.2, 0.25) is 5.15 Å². The van der Waals surface area contributed by atoms with Crippen molar-refractivity contribution in [2.45, 2.75) is 0 Å². The van der Waals surface area contributed by atoms with Gasteiger partial charge in [-0.1, -0.05) is 11.6 Å². The van der Waals surface area contributed by atoms with E-state index in [9.17, 15) is 9.59 Å². The van der Waals surface area contributed by atoms with Crippen molar-refractivity contribution in [3.05, 3.63) is 22.8 Å². The van der Waals surface area contributed by atoms with Gasteiger partial charge in [0.1, 0.15) is 11.0 Å². The topological polar surface area (TPSA) is 101 Å². The van der Waals surface area contributed by atoms with Crippen molar-refractivity contribution < 1.29 is 19.4 Å². The van der Waals surface area contributed by atoms with Gasteiger partial charge in [-0.05, 0) is 12.1 Å². The van der Waals surface area contributed by atoms with Gasteiger partial charge in [-0.2, -0.15) is 0 Å². The first-order valence-corrected chi connectivity index (χ1v) is 5.81. The third-order valence-corrected chi connectivity index (χ3v) is 2.29. The zero-order valence-electron chi connectivity index (χ0n) is 10.3. The van der Waals surface area contributed by atoms with Crippen LogP contribution in [-0.4, -0.2) is 48.8 Å². The first kappa shape index (κ1) is 15.2. The van der Waals surface area contributed by atoms with Crippen LogP contribution < -0.4 is 10.6 Å². The molecule has 19 heavy (non-hydrogen) atoms. The number of rotatable bonds is 7. The Balaban J connectivity index is 2.53. The average Bonchev–Trinajstić information content (AvgIpc) is 2.36. The number of hydrogen-bond donors (Lipinski definition) is 3. The summed E-state index contributed by atoms with van der Waals surface area (Å²) in [6.07, 6.45) is 0. The molecule has 8 heteroatoms. The van der Waals surface area contributed by atoms with Gasteiger partial charge in [0.15, 0.2) is 0 Å². The maximum atomic E-state index is 11.4. The van der Waals surface area contributed by atoms with E-state index < -0.39 is 5.97 Å². The Morgan fingerprint density at radius 1 is 1.47 bits per heavy atom. The molecule has 0 spiro atoms. The summed E-state index contributed by atoms with van der Waals surface area (Å²) in [6, 6.07) is 2.53. The second-order valence-electron chi connectivity index (χ2n) is 3.57. The van der Waals surface area contributed by atoms with E-state index in [0.29, 0.717) is 13.2 Å². The van der Waals surface area contributed by atoms with Crippen LogP contribution in [0.3, 0.4) is 0 Å². The van der Waals surface area contributed by atoms with Crippen LogP contribution in [0.4, 0.5) is 5.82 Å². The minimum absolute atomic E-state index is 0.00212. The van der Waals surface area contributed by atoms with Gasteiger partial charge in [-0.15, -0.1) is 0 Å². The minimum Gasteiger partial charge on any atom is -0.478 e. The Kier molecular flexibility index (Phi) is 6.04. The van der Waals surface area contributed by atoms with Gasteiger partial charge >= 0.3 is 5.97 Å². The fourth-order valence-corrected chi connectivity index (χ4v) is 1.45. The Morgan fingerprint density at radius 2 is 2.21 bits per heavy atom. The number of carboxylic acids is 1. The number of nitrogens with zero attached hydrogens (tertiary/aromatic N) is 1. The number of carbonyl (C=O) groups is 2. The van der Waals surface area contributed by atoms with Crippen molar-refractivity contribution in [2.24, 2.45) is 0 Å². The molecule has 0 bridgehead atoms. The normalized spacial score (nSPS) is 10.0. The maximum Gasteiger partial charge on any atom is 0.335 e. The largest absolute Gasteiger partial charge is 0.478 e. The lowest BCUT2D eigenvalue weighted by atomic mass is 10.2. The Labute approximate surface area is 114 Å². The van der Waals surface area contributed by atoms with Gasteiger partial charge in [-0.3, -0.25) is 4.79 Å². The summed E-state index contributed by atoms with van der Waals surface area (Å²) >= 11 is 5.68. The van der Waals surface area contributed by atoms with Crippen molar-refractivity contribution in [1.82, 2.24) is 10.3 Å². The van der Waals surface area contributed by atoms with Gasteiger partial charge < -0.3 is 20.5 Å². The summed E-state index contributed by atoms with van der Waals surface area (Å²) in [5.74, 6) is -1.14. The molecule has 0 unspecified atom stereocenters. The molecule has 0 saturated heterocycles. The Bertz CT molecular complexity index is 467. The number of amides is 1. The Hall–Kier alpha value is -1.86. The number of hydrogen-bond acceptors (Lipinski definition) is 5. The first-order valence-electron chi connectivity index (χ1n) is 5.43.